The van der Waals surface area contributed by atoms with E-state index in [-0.39, 0.29) is 11.9 Å². The van der Waals surface area contributed by atoms with Crippen LogP contribution in [0.25, 0.3) is 0 Å². The van der Waals surface area contributed by atoms with E-state index in [1.165, 1.54) is 11.1 Å². The van der Waals surface area contributed by atoms with Gasteiger partial charge < -0.3 is 4.90 Å². The lowest BCUT2D eigenvalue weighted by atomic mass is 10.1. The van der Waals surface area contributed by atoms with E-state index < -0.39 is 0 Å². The van der Waals surface area contributed by atoms with Crippen LogP contribution in [0.2, 0.25) is 0 Å². The van der Waals surface area contributed by atoms with E-state index in [2.05, 4.69) is 43.0 Å². The minimum atomic E-state index is 0.0691. The van der Waals surface area contributed by atoms with Crippen LogP contribution in [0.5, 0.6) is 0 Å². The Morgan fingerprint density at radius 2 is 2.11 bits per heavy atom. The summed E-state index contributed by atoms with van der Waals surface area (Å²) in [6.07, 6.45) is 0.953. The molecule has 0 bridgehead atoms. The van der Waals surface area contributed by atoms with Gasteiger partial charge in [-0.3, -0.25) is 9.69 Å². The summed E-state index contributed by atoms with van der Waals surface area (Å²) in [7, 11) is 1.89. The molecule has 0 radical (unpaired) electrons. The molecule has 2 rings (SSSR count). The van der Waals surface area contributed by atoms with Crippen molar-refractivity contribution >= 4 is 5.91 Å². The standard InChI is InChI=1S/C15H22N2O/c1-4-17(14-9-10-16(3)15(14)18)11-13-8-6-5-7-12(13)2/h5-8,14H,4,9-11H2,1-3H3. The van der Waals surface area contributed by atoms with Gasteiger partial charge in [0.2, 0.25) is 5.91 Å². The molecular weight excluding hydrogens is 224 g/mol. The molecule has 1 saturated heterocycles. The maximum atomic E-state index is 12.1. The topological polar surface area (TPSA) is 23.6 Å². The fourth-order valence-electron chi connectivity index (χ4n) is 2.59. The molecule has 1 aromatic rings. The minimum Gasteiger partial charge on any atom is -0.344 e. The Morgan fingerprint density at radius 3 is 2.67 bits per heavy atom. The number of likely N-dealkylation sites (N-methyl/N-ethyl adjacent to an activating group) is 2. The van der Waals surface area contributed by atoms with Crippen LogP contribution in [-0.2, 0) is 11.3 Å². The molecule has 1 fully saturated rings. The number of nitrogens with zero attached hydrogens (tertiary/aromatic N) is 2. The van der Waals surface area contributed by atoms with Gasteiger partial charge in [-0.25, -0.2) is 0 Å². The number of likely N-dealkylation sites (tertiary alicyclic amines) is 1. The highest BCUT2D eigenvalue weighted by Gasteiger charge is 2.33. The predicted molar refractivity (Wildman–Crippen MR) is 73.3 cm³/mol. The van der Waals surface area contributed by atoms with Crippen LogP contribution in [0, 0.1) is 6.92 Å². The molecule has 3 nitrogen and oxygen atoms in total. The van der Waals surface area contributed by atoms with Crippen molar-refractivity contribution in [1.29, 1.82) is 0 Å². The number of carbonyl (C=O) groups excluding carboxylic acids is 1. The second-order valence-electron chi connectivity index (χ2n) is 5.05. The van der Waals surface area contributed by atoms with E-state index >= 15 is 0 Å². The minimum absolute atomic E-state index is 0.0691. The monoisotopic (exact) mass is 246 g/mol. The first-order chi connectivity index (χ1) is 8.63. The van der Waals surface area contributed by atoms with Crippen molar-refractivity contribution in [2.24, 2.45) is 0 Å². The molecule has 1 aliphatic heterocycles. The van der Waals surface area contributed by atoms with E-state index in [1.807, 2.05) is 11.9 Å². The Kier molecular flexibility index (Phi) is 4.02. The summed E-state index contributed by atoms with van der Waals surface area (Å²) in [5.74, 6) is 0.269. The van der Waals surface area contributed by atoms with Crippen molar-refractivity contribution in [3.8, 4) is 0 Å². The van der Waals surface area contributed by atoms with Crippen molar-refractivity contribution < 1.29 is 4.79 Å². The summed E-state index contributed by atoms with van der Waals surface area (Å²) in [6.45, 7) is 6.93. The van der Waals surface area contributed by atoms with Gasteiger partial charge in [-0.05, 0) is 31.0 Å². The summed E-state index contributed by atoms with van der Waals surface area (Å²) < 4.78 is 0. The van der Waals surface area contributed by atoms with Gasteiger partial charge in [0, 0.05) is 20.1 Å². The van der Waals surface area contributed by atoms with E-state index in [0.29, 0.717) is 0 Å². The lowest BCUT2D eigenvalue weighted by Gasteiger charge is -2.26. The number of hydrogen-bond donors (Lipinski definition) is 0. The molecule has 0 aromatic heterocycles. The third kappa shape index (κ3) is 2.56. The van der Waals surface area contributed by atoms with Gasteiger partial charge in [-0.1, -0.05) is 31.2 Å². The average molecular weight is 246 g/mol. The third-order valence-corrected chi connectivity index (χ3v) is 3.88. The van der Waals surface area contributed by atoms with E-state index in [9.17, 15) is 4.79 Å². The fraction of sp³-hybridized carbons (Fsp3) is 0.533. The van der Waals surface area contributed by atoms with Crippen LogP contribution in [0.1, 0.15) is 24.5 Å². The lowest BCUT2D eigenvalue weighted by molar-refractivity contribution is -0.131. The van der Waals surface area contributed by atoms with E-state index in [1.54, 1.807) is 0 Å². The van der Waals surface area contributed by atoms with Crippen LogP contribution in [-0.4, -0.2) is 41.9 Å². The second-order valence-corrected chi connectivity index (χ2v) is 5.05. The molecule has 3 heteroatoms. The van der Waals surface area contributed by atoms with Crippen molar-refractivity contribution in [3.05, 3.63) is 35.4 Å². The lowest BCUT2D eigenvalue weighted by Crippen LogP contribution is -2.40. The molecule has 0 spiro atoms. The second kappa shape index (κ2) is 5.53. The summed E-state index contributed by atoms with van der Waals surface area (Å²) in [4.78, 5) is 16.2. The van der Waals surface area contributed by atoms with E-state index in [4.69, 9.17) is 0 Å². The van der Waals surface area contributed by atoms with Gasteiger partial charge >= 0.3 is 0 Å². The van der Waals surface area contributed by atoms with Gasteiger partial charge in [0.1, 0.15) is 0 Å². The molecule has 0 saturated carbocycles. The highest BCUT2D eigenvalue weighted by Crippen LogP contribution is 2.19. The normalized spacial score (nSPS) is 19.9. The molecule has 98 valence electrons. The van der Waals surface area contributed by atoms with Crippen LogP contribution in [0.15, 0.2) is 24.3 Å². The zero-order valence-corrected chi connectivity index (χ0v) is 11.5. The summed E-state index contributed by atoms with van der Waals surface area (Å²) >= 11 is 0. The summed E-state index contributed by atoms with van der Waals surface area (Å²) in [5, 5.41) is 0. The average Bonchev–Trinajstić information content (AvgIpc) is 2.70. The third-order valence-electron chi connectivity index (χ3n) is 3.88. The molecule has 1 aromatic carbocycles. The molecule has 18 heavy (non-hydrogen) atoms. The zero-order valence-electron chi connectivity index (χ0n) is 11.5. The first-order valence-electron chi connectivity index (χ1n) is 6.67. The summed E-state index contributed by atoms with van der Waals surface area (Å²) in [6, 6.07) is 8.48. The molecule has 1 heterocycles. The Hall–Kier alpha value is -1.35. The predicted octanol–water partition coefficient (Wildman–Crippen LogP) is 2.05. The fourth-order valence-corrected chi connectivity index (χ4v) is 2.59. The van der Waals surface area contributed by atoms with Crippen LogP contribution in [0.3, 0.4) is 0 Å². The molecular formula is C15H22N2O. The quantitative estimate of drug-likeness (QED) is 0.812. The van der Waals surface area contributed by atoms with Gasteiger partial charge in [0.05, 0.1) is 6.04 Å². The molecule has 1 atom stereocenters. The molecule has 0 N–H and O–H groups in total. The van der Waals surface area contributed by atoms with Crippen LogP contribution in [0.4, 0.5) is 0 Å². The first-order valence-corrected chi connectivity index (χ1v) is 6.67. The number of benzene rings is 1. The van der Waals surface area contributed by atoms with Gasteiger partial charge in [-0.2, -0.15) is 0 Å². The Bertz CT molecular complexity index is 430. The van der Waals surface area contributed by atoms with Gasteiger partial charge in [-0.15, -0.1) is 0 Å². The summed E-state index contributed by atoms with van der Waals surface area (Å²) in [5.41, 5.74) is 2.62. The largest absolute Gasteiger partial charge is 0.344 e. The number of aryl methyl sites for hydroxylation is 1. The van der Waals surface area contributed by atoms with E-state index in [0.717, 1.165) is 26.1 Å². The number of carbonyl (C=O) groups is 1. The molecule has 0 aliphatic carbocycles. The van der Waals surface area contributed by atoms with Gasteiger partial charge in [0.15, 0.2) is 0 Å². The zero-order chi connectivity index (χ0) is 13.1. The maximum Gasteiger partial charge on any atom is 0.239 e. The first kappa shape index (κ1) is 13.1. The Balaban J connectivity index is 2.11. The molecule has 1 amide bonds. The van der Waals surface area contributed by atoms with Crippen molar-refractivity contribution in [2.75, 3.05) is 20.1 Å². The van der Waals surface area contributed by atoms with Crippen LogP contribution >= 0.6 is 0 Å². The van der Waals surface area contributed by atoms with Gasteiger partial charge in [0.25, 0.3) is 0 Å². The maximum absolute atomic E-state index is 12.1. The molecule has 1 aliphatic rings. The van der Waals surface area contributed by atoms with Crippen molar-refractivity contribution in [1.82, 2.24) is 9.80 Å². The highest BCUT2D eigenvalue weighted by molar-refractivity contribution is 5.83. The molecule has 1 unspecified atom stereocenters. The van der Waals surface area contributed by atoms with Crippen molar-refractivity contribution in [3.63, 3.8) is 0 Å². The number of hydrogen-bond acceptors (Lipinski definition) is 2. The Morgan fingerprint density at radius 1 is 1.39 bits per heavy atom. The SMILES string of the molecule is CCN(Cc1ccccc1C)C1CCN(C)C1=O. The highest BCUT2D eigenvalue weighted by atomic mass is 16.2. The number of rotatable bonds is 4. The number of amides is 1. The Labute approximate surface area is 109 Å². The van der Waals surface area contributed by atoms with Crippen molar-refractivity contribution in [2.45, 2.75) is 32.9 Å². The smallest absolute Gasteiger partial charge is 0.239 e. The van der Waals surface area contributed by atoms with Crippen LogP contribution < -0.4 is 0 Å².